The molecule has 0 aliphatic carbocycles. The van der Waals surface area contributed by atoms with Crippen LogP contribution in [0.5, 0.6) is 5.75 Å². The van der Waals surface area contributed by atoms with Crippen LogP contribution in [0.15, 0.2) is 6.07 Å². The molecule has 0 spiro atoms. The van der Waals surface area contributed by atoms with Crippen molar-refractivity contribution in [1.82, 2.24) is 10.6 Å². The van der Waals surface area contributed by atoms with Gasteiger partial charge in [-0.15, -0.1) is 12.4 Å². The van der Waals surface area contributed by atoms with Gasteiger partial charge in [0.05, 0.1) is 5.56 Å². The monoisotopic (exact) mass is 324 g/mol. The summed E-state index contributed by atoms with van der Waals surface area (Å²) in [6.45, 7) is 2.12. The normalized spacial score (nSPS) is 17.4. The van der Waals surface area contributed by atoms with Crippen LogP contribution in [0.4, 0.5) is 13.2 Å². The van der Waals surface area contributed by atoms with Gasteiger partial charge in [-0.3, -0.25) is 4.79 Å². The maximum Gasteiger partial charge on any atom is 0.254 e. The van der Waals surface area contributed by atoms with E-state index in [0.717, 1.165) is 25.9 Å². The molecule has 8 heteroatoms. The number of amides is 1. The molecule has 0 aromatic heterocycles. The number of hydrogen-bond donors (Lipinski definition) is 3. The SMILES string of the molecule is Cl.O=C(NCCC1CCNC1)c1cc(F)c(F)c(O)c1F. The van der Waals surface area contributed by atoms with Gasteiger partial charge < -0.3 is 15.7 Å². The van der Waals surface area contributed by atoms with Crippen LogP contribution in [-0.2, 0) is 0 Å². The first-order chi connectivity index (χ1) is 9.50. The number of nitrogens with one attached hydrogen (secondary N) is 2. The molecule has 1 atom stereocenters. The summed E-state index contributed by atoms with van der Waals surface area (Å²) < 4.78 is 39.4. The third-order valence-corrected chi connectivity index (χ3v) is 3.38. The van der Waals surface area contributed by atoms with Crippen LogP contribution >= 0.6 is 12.4 Å². The standard InChI is InChI=1S/C13H15F3N2O2.ClH/c14-9-5-8(10(15)12(19)11(9)16)13(20)18-4-2-7-1-3-17-6-7;/h5,7,17,19H,1-4,6H2,(H,18,20);1H. The second-order valence-corrected chi connectivity index (χ2v) is 4.79. The molecule has 1 unspecified atom stereocenters. The number of carbonyl (C=O) groups is 1. The predicted molar refractivity (Wildman–Crippen MR) is 73.2 cm³/mol. The summed E-state index contributed by atoms with van der Waals surface area (Å²) in [5, 5.41) is 14.6. The van der Waals surface area contributed by atoms with Crippen molar-refractivity contribution in [2.75, 3.05) is 19.6 Å². The number of hydrogen-bond acceptors (Lipinski definition) is 3. The van der Waals surface area contributed by atoms with Gasteiger partial charge in [0, 0.05) is 6.54 Å². The fourth-order valence-electron chi connectivity index (χ4n) is 2.20. The van der Waals surface area contributed by atoms with Gasteiger partial charge in [0.2, 0.25) is 5.82 Å². The largest absolute Gasteiger partial charge is 0.503 e. The van der Waals surface area contributed by atoms with Crippen molar-refractivity contribution >= 4 is 18.3 Å². The van der Waals surface area contributed by atoms with E-state index in [1.54, 1.807) is 0 Å². The Bertz CT molecular complexity index is 523. The Morgan fingerprint density at radius 2 is 2.10 bits per heavy atom. The van der Waals surface area contributed by atoms with Crippen LogP contribution in [-0.4, -0.2) is 30.6 Å². The Labute approximate surface area is 126 Å². The molecule has 21 heavy (non-hydrogen) atoms. The quantitative estimate of drug-likeness (QED) is 0.742. The van der Waals surface area contributed by atoms with Gasteiger partial charge >= 0.3 is 0 Å². The molecule has 0 bridgehead atoms. The number of carbonyl (C=O) groups excluding carboxylic acids is 1. The van der Waals surface area contributed by atoms with Crippen molar-refractivity contribution in [3.05, 3.63) is 29.1 Å². The van der Waals surface area contributed by atoms with E-state index >= 15 is 0 Å². The van der Waals surface area contributed by atoms with Gasteiger partial charge in [-0.2, -0.15) is 4.39 Å². The number of phenols is 1. The van der Waals surface area contributed by atoms with E-state index in [1.807, 2.05) is 0 Å². The van der Waals surface area contributed by atoms with E-state index in [2.05, 4.69) is 10.6 Å². The highest BCUT2D eigenvalue weighted by Crippen LogP contribution is 2.25. The topological polar surface area (TPSA) is 61.4 Å². The van der Waals surface area contributed by atoms with Gasteiger partial charge in [0.15, 0.2) is 17.4 Å². The van der Waals surface area contributed by atoms with Crippen LogP contribution < -0.4 is 10.6 Å². The number of rotatable bonds is 4. The van der Waals surface area contributed by atoms with Gasteiger partial charge in [-0.25, -0.2) is 8.78 Å². The summed E-state index contributed by atoms with van der Waals surface area (Å²) in [6.07, 6.45) is 1.73. The molecular weight excluding hydrogens is 309 g/mol. The Kier molecular flexibility index (Phi) is 6.29. The number of phenolic OH excluding ortho intramolecular Hbond substituents is 1. The van der Waals surface area contributed by atoms with E-state index in [4.69, 9.17) is 5.11 Å². The van der Waals surface area contributed by atoms with Crippen LogP contribution in [0, 0.1) is 23.4 Å². The summed E-state index contributed by atoms with van der Waals surface area (Å²) >= 11 is 0. The third kappa shape index (κ3) is 4.01. The maximum atomic E-state index is 13.5. The minimum Gasteiger partial charge on any atom is -0.503 e. The van der Waals surface area contributed by atoms with Crippen LogP contribution in [0.2, 0.25) is 0 Å². The second kappa shape index (κ2) is 7.51. The molecule has 4 nitrogen and oxygen atoms in total. The summed E-state index contributed by atoms with van der Waals surface area (Å²) in [5.41, 5.74) is -0.703. The van der Waals surface area contributed by atoms with Crippen molar-refractivity contribution in [1.29, 1.82) is 0 Å². The van der Waals surface area contributed by atoms with Crippen molar-refractivity contribution in [2.24, 2.45) is 5.92 Å². The van der Waals surface area contributed by atoms with E-state index < -0.39 is 34.7 Å². The van der Waals surface area contributed by atoms with Gasteiger partial charge in [0.1, 0.15) is 0 Å². The molecule has 1 aromatic rings. The Balaban J connectivity index is 0.00000220. The highest BCUT2D eigenvalue weighted by Gasteiger charge is 2.22. The highest BCUT2D eigenvalue weighted by molar-refractivity contribution is 5.94. The zero-order valence-electron chi connectivity index (χ0n) is 11.1. The van der Waals surface area contributed by atoms with Crippen molar-refractivity contribution in [2.45, 2.75) is 12.8 Å². The first-order valence-corrected chi connectivity index (χ1v) is 6.36. The lowest BCUT2D eigenvalue weighted by Crippen LogP contribution is -2.27. The molecule has 1 aliphatic rings. The first kappa shape index (κ1) is 17.6. The lowest BCUT2D eigenvalue weighted by molar-refractivity contribution is 0.0946. The number of benzene rings is 1. The molecule has 3 N–H and O–H groups in total. The van der Waals surface area contributed by atoms with Crippen LogP contribution in [0.25, 0.3) is 0 Å². The molecule has 1 fully saturated rings. The lowest BCUT2D eigenvalue weighted by atomic mass is 10.1. The molecule has 118 valence electrons. The minimum atomic E-state index is -1.70. The van der Waals surface area contributed by atoms with Gasteiger partial charge in [-0.1, -0.05) is 0 Å². The average molecular weight is 325 g/mol. The molecule has 1 saturated heterocycles. The number of halogens is 4. The second-order valence-electron chi connectivity index (χ2n) is 4.79. The van der Waals surface area contributed by atoms with Gasteiger partial charge in [0.25, 0.3) is 5.91 Å². The zero-order chi connectivity index (χ0) is 14.7. The molecule has 1 amide bonds. The summed E-state index contributed by atoms with van der Waals surface area (Å²) in [4.78, 5) is 11.7. The van der Waals surface area contributed by atoms with Crippen LogP contribution in [0.1, 0.15) is 23.2 Å². The fraction of sp³-hybridized carbons (Fsp3) is 0.462. The number of aromatic hydroxyl groups is 1. The van der Waals surface area contributed by atoms with E-state index in [9.17, 15) is 18.0 Å². The Morgan fingerprint density at radius 3 is 2.71 bits per heavy atom. The molecule has 0 saturated carbocycles. The maximum absolute atomic E-state index is 13.5. The molecular formula is C13H16ClF3N2O2. The fourth-order valence-corrected chi connectivity index (χ4v) is 2.20. The Morgan fingerprint density at radius 1 is 1.38 bits per heavy atom. The highest BCUT2D eigenvalue weighted by atomic mass is 35.5. The van der Waals surface area contributed by atoms with E-state index in [1.165, 1.54) is 0 Å². The molecule has 1 aromatic carbocycles. The van der Waals surface area contributed by atoms with Gasteiger partial charge in [-0.05, 0) is 37.9 Å². The van der Waals surface area contributed by atoms with Crippen molar-refractivity contribution < 1.29 is 23.1 Å². The van der Waals surface area contributed by atoms with Crippen LogP contribution in [0.3, 0.4) is 0 Å². The third-order valence-electron chi connectivity index (χ3n) is 3.38. The molecule has 1 aliphatic heterocycles. The molecule has 1 heterocycles. The summed E-state index contributed by atoms with van der Waals surface area (Å²) in [5.74, 6) is -6.52. The first-order valence-electron chi connectivity index (χ1n) is 6.36. The smallest absolute Gasteiger partial charge is 0.254 e. The molecule has 0 radical (unpaired) electrons. The summed E-state index contributed by atoms with van der Waals surface area (Å²) in [6, 6.07) is 0.441. The lowest BCUT2D eigenvalue weighted by Gasteiger charge is -2.10. The predicted octanol–water partition coefficient (Wildman–Crippen LogP) is 1.96. The zero-order valence-corrected chi connectivity index (χ0v) is 11.9. The van der Waals surface area contributed by atoms with Crippen molar-refractivity contribution in [3.63, 3.8) is 0 Å². The average Bonchev–Trinajstić information content (AvgIpc) is 2.93. The van der Waals surface area contributed by atoms with E-state index in [0.29, 0.717) is 18.5 Å². The van der Waals surface area contributed by atoms with E-state index in [-0.39, 0.29) is 12.4 Å². The Hall–Kier alpha value is -1.47. The minimum absolute atomic E-state index is 0. The summed E-state index contributed by atoms with van der Waals surface area (Å²) in [7, 11) is 0. The van der Waals surface area contributed by atoms with Crippen molar-refractivity contribution in [3.8, 4) is 5.75 Å². The molecule has 2 rings (SSSR count).